The van der Waals surface area contributed by atoms with Gasteiger partial charge in [-0.2, -0.15) is 0 Å². The fourth-order valence-corrected chi connectivity index (χ4v) is 1.42. The molecule has 0 heterocycles. The van der Waals surface area contributed by atoms with Gasteiger partial charge >= 0.3 is 12.1 Å². The van der Waals surface area contributed by atoms with Gasteiger partial charge in [-0.3, -0.25) is 4.89 Å². The molecule has 0 N–H and O–H groups in total. The lowest BCUT2D eigenvalue weighted by molar-refractivity contribution is -0.450. The van der Waals surface area contributed by atoms with Crippen LogP contribution in [0.2, 0.25) is 0 Å². The molecule has 2 aromatic carbocycles. The van der Waals surface area contributed by atoms with Gasteiger partial charge in [0.05, 0.1) is 10.6 Å². The summed E-state index contributed by atoms with van der Waals surface area (Å²) in [6.07, 6.45) is -1.15. The Balaban J connectivity index is 1.75. The second-order valence-electron chi connectivity index (χ2n) is 4.05. The SMILES string of the molecule is Cc1ccc(C(=O)OOOC(=O)Oc2ccccc2)cc1. The molecule has 0 aliphatic carbocycles. The predicted octanol–water partition coefficient (Wildman–Crippen LogP) is 3.21. The Hall–Kier alpha value is -2.86. The molecular weight excluding hydrogens is 276 g/mol. The summed E-state index contributed by atoms with van der Waals surface area (Å²) in [6, 6.07) is 14.8. The van der Waals surface area contributed by atoms with Gasteiger partial charge in [-0.25, -0.2) is 14.5 Å². The normalized spacial score (nSPS) is 9.76. The number of rotatable bonds is 4. The Morgan fingerprint density at radius 2 is 1.52 bits per heavy atom. The third-order valence-corrected chi connectivity index (χ3v) is 2.44. The van der Waals surface area contributed by atoms with Crippen LogP contribution in [0.4, 0.5) is 4.79 Å². The van der Waals surface area contributed by atoms with Crippen LogP contribution in [0.15, 0.2) is 54.6 Å². The highest BCUT2D eigenvalue weighted by Crippen LogP contribution is 2.09. The summed E-state index contributed by atoms with van der Waals surface area (Å²) < 4.78 is 4.74. The Morgan fingerprint density at radius 3 is 2.19 bits per heavy atom. The maximum Gasteiger partial charge on any atom is 0.548 e. The van der Waals surface area contributed by atoms with E-state index in [2.05, 4.69) is 14.8 Å². The molecule has 0 aromatic heterocycles. The molecule has 6 nitrogen and oxygen atoms in total. The van der Waals surface area contributed by atoms with Crippen molar-refractivity contribution in [3.63, 3.8) is 0 Å². The molecule has 108 valence electrons. The zero-order chi connectivity index (χ0) is 15.1. The molecule has 0 saturated heterocycles. The molecule has 21 heavy (non-hydrogen) atoms. The maximum atomic E-state index is 11.5. The predicted molar refractivity (Wildman–Crippen MR) is 71.2 cm³/mol. The summed E-state index contributed by atoms with van der Waals surface area (Å²) in [4.78, 5) is 31.2. The standard InChI is InChI=1S/C15H12O6/c1-11-7-9-12(10-8-11)14(16)19-21-20-15(17)18-13-5-3-2-4-6-13/h2-10H,1H3. The number of carbonyl (C=O) groups excluding carboxylic acids is 2. The van der Waals surface area contributed by atoms with Crippen LogP contribution in [-0.4, -0.2) is 12.1 Å². The van der Waals surface area contributed by atoms with Crippen molar-refractivity contribution in [1.29, 1.82) is 0 Å². The number of hydrogen-bond acceptors (Lipinski definition) is 6. The third kappa shape index (κ3) is 4.63. The molecule has 0 radical (unpaired) electrons. The number of hydrogen-bond donors (Lipinski definition) is 0. The molecule has 6 heteroatoms. The highest BCUT2D eigenvalue weighted by Gasteiger charge is 2.12. The van der Waals surface area contributed by atoms with Gasteiger partial charge in [0.1, 0.15) is 5.75 Å². The Bertz CT molecular complexity index is 606. The molecule has 0 spiro atoms. The topological polar surface area (TPSA) is 71.1 Å². The minimum Gasteiger partial charge on any atom is -0.393 e. The smallest absolute Gasteiger partial charge is 0.393 e. The summed E-state index contributed by atoms with van der Waals surface area (Å²) in [6.45, 7) is 1.88. The second-order valence-corrected chi connectivity index (χ2v) is 4.05. The number of ether oxygens (including phenoxy) is 1. The van der Waals surface area contributed by atoms with Gasteiger partial charge in [0, 0.05) is 0 Å². The first-order valence-electron chi connectivity index (χ1n) is 6.04. The fourth-order valence-electron chi connectivity index (χ4n) is 1.42. The minimum absolute atomic E-state index is 0.264. The highest BCUT2D eigenvalue weighted by atomic mass is 17.5. The maximum absolute atomic E-state index is 11.5. The Labute approximate surface area is 120 Å². The van der Waals surface area contributed by atoms with E-state index in [1.807, 2.05) is 6.92 Å². The Kier molecular flexibility index (Phi) is 4.89. The van der Waals surface area contributed by atoms with Crippen molar-refractivity contribution in [3.05, 3.63) is 65.7 Å². The molecule has 0 amide bonds. The molecule has 0 bridgehead atoms. The molecule has 2 aromatic rings. The van der Waals surface area contributed by atoms with Gasteiger partial charge in [0.15, 0.2) is 0 Å². The van der Waals surface area contributed by atoms with Crippen LogP contribution in [-0.2, 0) is 14.8 Å². The first kappa shape index (κ1) is 14.5. The monoisotopic (exact) mass is 288 g/mol. The van der Waals surface area contributed by atoms with E-state index in [1.165, 1.54) is 0 Å². The number of benzene rings is 2. The van der Waals surface area contributed by atoms with E-state index in [4.69, 9.17) is 4.74 Å². The largest absolute Gasteiger partial charge is 0.548 e. The summed E-state index contributed by atoms with van der Waals surface area (Å²) in [5, 5.41) is 4.09. The average Bonchev–Trinajstić information content (AvgIpc) is 2.49. The molecule has 0 aliphatic rings. The van der Waals surface area contributed by atoms with Crippen molar-refractivity contribution >= 4 is 12.1 Å². The van der Waals surface area contributed by atoms with Crippen LogP contribution in [0.3, 0.4) is 0 Å². The molecule has 0 saturated carbocycles. The van der Waals surface area contributed by atoms with Crippen molar-refractivity contribution < 1.29 is 29.1 Å². The van der Waals surface area contributed by atoms with Gasteiger partial charge in [0.25, 0.3) is 0 Å². The van der Waals surface area contributed by atoms with Gasteiger partial charge in [-0.15, -0.1) is 0 Å². The van der Waals surface area contributed by atoms with Gasteiger partial charge in [0.2, 0.25) is 0 Å². The minimum atomic E-state index is -1.15. The van der Waals surface area contributed by atoms with Crippen LogP contribution in [0.1, 0.15) is 15.9 Å². The Morgan fingerprint density at radius 1 is 0.857 bits per heavy atom. The van der Waals surface area contributed by atoms with Crippen molar-refractivity contribution in [2.24, 2.45) is 0 Å². The number of carbonyl (C=O) groups is 2. The summed E-state index contributed by atoms with van der Waals surface area (Å²) in [7, 11) is 0. The first-order chi connectivity index (χ1) is 10.1. The molecule has 0 atom stereocenters. The van der Waals surface area contributed by atoms with Crippen LogP contribution < -0.4 is 4.74 Å². The lowest BCUT2D eigenvalue weighted by Crippen LogP contribution is -2.14. The average molecular weight is 288 g/mol. The lowest BCUT2D eigenvalue weighted by atomic mass is 10.2. The third-order valence-electron chi connectivity index (χ3n) is 2.44. The zero-order valence-electron chi connectivity index (χ0n) is 11.1. The van der Waals surface area contributed by atoms with E-state index in [9.17, 15) is 9.59 Å². The second kappa shape index (κ2) is 7.06. The molecule has 0 unspecified atom stereocenters. The summed E-state index contributed by atoms with van der Waals surface area (Å²) in [5.74, 6) is -0.515. The van der Waals surface area contributed by atoms with Crippen LogP contribution >= 0.6 is 0 Å². The number of para-hydroxylation sites is 1. The fraction of sp³-hybridized carbons (Fsp3) is 0.0667. The lowest BCUT2D eigenvalue weighted by Gasteiger charge is -2.03. The van der Waals surface area contributed by atoms with E-state index < -0.39 is 12.1 Å². The van der Waals surface area contributed by atoms with E-state index in [0.717, 1.165) is 5.56 Å². The van der Waals surface area contributed by atoms with E-state index in [0.29, 0.717) is 0 Å². The summed E-state index contributed by atoms with van der Waals surface area (Å²) >= 11 is 0. The van der Waals surface area contributed by atoms with Crippen LogP contribution in [0, 0.1) is 6.92 Å². The van der Waals surface area contributed by atoms with E-state index in [-0.39, 0.29) is 11.3 Å². The van der Waals surface area contributed by atoms with Crippen molar-refractivity contribution in [1.82, 2.24) is 0 Å². The van der Waals surface area contributed by atoms with E-state index in [1.54, 1.807) is 54.6 Å². The van der Waals surface area contributed by atoms with Gasteiger partial charge in [-0.05, 0) is 31.2 Å². The number of aryl methyl sites for hydroxylation is 1. The van der Waals surface area contributed by atoms with Gasteiger partial charge in [-0.1, -0.05) is 35.9 Å². The first-order valence-corrected chi connectivity index (χ1v) is 6.04. The van der Waals surface area contributed by atoms with Crippen LogP contribution in [0.25, 0.3) is 0 Å². The van der Waals surface area contributed by atoms with E-state index >= 15 is 0 Å². The molecule has 0 aliphatic heterocycles. The van der Waals surface area contributed by atoms with Gasteiger partial charge < -0.3 is 4.74 Å². The molecular formula is C15H12O6. The van der Waals surface area contributed by atoms with Crippen molar-refractivity contribution in [2.45, 2.75) is 6.92 Å². The highest BCUT2D eigenvalue weighted by molar-refractivity contribution is 5.88. The van der Waals surface area contributed by atoms with Crippen molar-refractivity contribution in [2.75, 3.05) is 0 Å². The van der Waals surface area contributed by atoms with Crippen molar-refractivity contribution in [3.8, 4) is 5.75 Å². The zero-order valence-corrected chi connectivity index (χ0v) is 11.1. The molecule has 0 fully saturated rings. The summed E-state index contributed by atoms with van der Waals surface area (Å²) in [5.41, 5.74) is 1.26. The molecule has 2 rings (SSSR count). The van der Waals surface area contributed by atoms with Crippen LogP contribution in [0.5, 0.6) is 5.75 Å². The quantitative estimate of drug-likeness (QED) is 0.372.